The van der Waals surface area contributed by atoms with Gasteiger partial charge in [-0.3, -0.25) is 4.72 Å². The van der Waals surface area contributed by atoms with Crippen LogP contribution in [0.1, 0.15) is 26.7 Å². The molecule has 0 aliphatic carbocycles. The fourth-order valence-electron chi connectivity index (χ4n) is 1.87. The van der Waals surface area contributed by atoms with Crippen molar-refractivity contribution in [2.75, 3.05) is 36.0 Å². The number of nitrogens with one attached hydrogen (secondary N) is 2. The average Bonchev–Trinajstić information content (AvgIpc) is 2.38. The Hall–Kier alpha value is -1.27. The van der Waals surface area contributed by atoms with Crippen molar-refractivity contribution >= 4 is 21.4 Å². The van der Waals surface area contributed by atoms with Crippen LogP contribution in [0.4, 0.5) is 11.4 Å². The highest BCUT2D eigenvalue weighted by Gasteiger charge is 2.10. The van der Waals surface area contributed by atoms with Gasteiger partial charge in [-0.15, -0.1) is 0 Å². The molecular formula is C15H27N3O2S. The van der Waals surface area contributed by atoms with Crippen LogP contribution in [0.3, 0.4) is 0 Å². The SMILES string of the molecule is CC(C)NCCCCS(=O)(=O)Nc1ccc(N(C)C)cc1. The Morgan fingerprint density at radius 2 is 1.71 bits per heavy atom. The number of nitrogens with zero attached hydrogens (tertiary/aromatic N) is 1. The summed E-state index contributed by atoms with van der Waals surface area (Å²) in [5, 5.41) is 3.28. The van der Waals surface area contributed by atoms with Crippen molar-refractivity contribution in [2.45, 2.75) is 32.7 Å². The number of unbranched alkanes of at least 4 members (excludes halogenated alkanes) is 1. The summed E-state index contributed by atoms with van der Waals surface area (Å²) in [6.07, 6.45) is 1.52. The monoisotopic (exact) mass is 313 g/mol. The Kier molecular flexibility index (Phi) is 6.98. The lowest BCUT2D eigenvalue weighted by molar-refractivity contribution is 0.561. The molecule has 0 amide bonds. The van der Waals surface area contributed by atoms with Gasteiger partial charge in [0.2, 0.25) is 10.0 Å². The van der Waals surface area contributed by atoms with Crippen LogP contribution in [0, 0.1) is 0 Å². The third kappa shape index (κ3) is 7.34. The number of sulfonamides is 1. The van der Waals surface area contributed by atoms with Gasteiger partial charge in [0.1, 0.15) is 0 Å². The molecule has 0 unspecified atom stereocenters. The molecule has 0 bridgehead atoms. The first-order valence-electron chi connectivity index (χ1n) is 7.31. The third-order valence-corrected chi connectivity index (χ3v) is 4.42. The lowest BCUT2D eigenvalue weighted by Crippen LogP contribution is -2.24. The molecule has 6 heteroatoms. The van der Waals surface area contributed by atoms with E-state index in [9.17, 15) is 8.42 Å². The fourth-order valence-corrected chi connectivity index (χ4v) is 3.05. The second-order valence-electron chi connectivity index (χ2n) is 5.68. The van der Waals surface area contributed by atoms with E-state index in [4.69, 9.17) is 0 Å². The van der Waals surface area contributed by atoms with Crippen molar-refractivity contribution in [1.82, 2.24) is 5.32 Å². The summed E-state index contributed by atoms with van der Waals surface area (Å²) in [6.45, 7) is 5.01. The number of rotatable bonds is 9. The molecule has 21 heavy (non-hydrogen) atoms. The van der Waals surface area contributed by atoms with Crippen LogP contribution in [-0.4, -0.2) is 40.9 Å². The fraction of sp³-hybridized carbons (Fsp3) is 0.600. The van der Waals surface area contributed by atoms with E-state index in [1.54, 1.807) is 12.1 Å². The summed E-state index contributed by atoms with van der Waals surface area (Å²) in [7, 11) is 0.638. The van der Waals surface area contributed by atoms with E-state index < -0.39 is 10.0 Å². The van der Waals surface area contributed by atoms with Crippen molar-refractivity contribution in [3.63, 3.8) is 0 Å². The van der Waals surface area contributed by atoms with E-state index in [0.717, 1.165) is 18.7 Å². The molecule has 0 heterocycles. The largest absolute Gasteiger partial charge is 0.378 e. The molecule has 0 atom stereocenters. The molecule has 0 aliphatic heterocycles. The number of hydrogen-bond donors (Lipinski definition) is 2. The first-order valence-corrected chi connectivity index (χ1v) is 8.96. The van der Waals surface area contributed by atoms with Gasteiger partial charge in [0.25, 0.3) is 0 Å². The van der Waals surface area contributed by atoms with Gasteiger partial charge in [-0.2, -0.15) is 0 Å². The molecule has 0 saturated heterocycles. The summed E-state index contributed by atoms with van der Waals surface area (Å²) >= 11 is 0. The molecule has 1 aromatic rings. The number of anilines is 2. The van der Waals surface area contributed by atoms with E-state index in [1.165, 1.54) is 0 Å². The summed E-state index contributed by atoms with van der Waals surface area (Å²) < 4.78 is 26.6. The highest BCUT2D eigenvalue weighted by atomic mass is 32.2. The molecule has 0 fully saturated rings. The molecule has 0 aromatic heterocycles. The van der Waals surface area contributed by atoms with Gasteiger partial charge in [-0.25, -0.2) is 8.42 Å². The van der Waals surface area contributed by atoms with Crippen molar-refractivity contribution in [1.29, 1.82) is 0 Å². The summed E-state index contributed by atoms with van der Waals surface area (Å²) in [6, 6.07) is 7.80. The zero-order valence-electron chi connectivity index (χ0n) is 13.4. The second-order valence-corrected chi connectivity index (χ2v) is 7.52. The van der Waals surface area contributed by atoms with Gasteiger partial charge in [-0.05, 0) is 43.7 Å². The molecular weight excluding hydrogens is 286 g/mol. The molecule has 1 rings (SSSR count). The predicted octanol–water partition coefficient (Wildman–Crippen LogP) is 2.27. The van der Waals surface area contributed by atoms with Gasteiger partial charge in [0, 0.05) is 31.5 Å². The average molecular weight is 313 g/mol. The zero-order valence-corrected chi connectivity index (χ0v) is 14.2. The highest BCUT2D eigenvalue weighted by molar-refractivity contribution is 7.92. The van der Waals surface area contributed by atoms with E-state index in [-0.39, 0.29) is 5.75 Å². The molecule has 1 aromatic carbocycles. The molecule has 120 valence electrons. The smallest absolute Gasteiger partial charge is 0.232 e. The normalized spacial score (nSPS) is 11.7. The van der Waals surface area contributed by atoms with Gasteiger partial charge in [0.15, 0.2) is 0 Å². The highest BCUT2D eigenvalue weighted by Crippen LogP contribution is 2.16. The number of hydrogen-bond acceptors (Lipinski definition) is 4. The van der Waals surface area contributed by atoms with Crippen LogP contribution in [0.25, 0.3) is 0 Å². The minimum absolute atomic E-state index is 0.155. The van der Waals surface area contributed by atoms with Gasteiger partial charge in [-0.1, -0.05) is 13.8 Å². The molecule has 5 nitrogen and oxygen atoms in total. The van der Waals surface area contributed by atoms with Crippen molar-refractivity contribution in [3.05, 3.63) is 24.3 Å². The van der Waals surface area contributed by atoms with E-state index in [0.29, 0.717) is 18.2 Å². The second kappa shape index (κ2) is 8.24. The predicted molar refractivity (Wildman–Crippen MR) is 90.6 cm³/mol. The first kappa shape index (κ1) is 17.8. The van der Waals surface area contributed by atoms with Crippen molar-refractivity contribution in [2.24, 2.45) is 0 Å². The van der Waals surface area contributed by atoms with Crippen molar-refractivity contribution in [3.8, 4) is 0 Å². The first-order chi connectivity index (χ1) is 9.80. The molecule has 2 N–H and O–H groups in total. The Bertz CT molecular complexity index is 510. The van der Waals surface area contributed by atoms with Crippen LogP contribution in [0.5, 0.6) is 0 Å². The van der Waals surface area contributed by atoms with Crippen LogP contribution in [0.15, 0.2) is 24.3 Å². The van der Waals surface area contributed by atoms with Crippen LogP contribution >= 0.6 is 0 Å². The zero-order chi connectivity index (χ0) is 15.9. The van der Waals surface area contributed by atoms with Crippen LogP contribution in [-0.2, 0) is 10.0 Å². The van der Waals surface area contributed by atoms with Crippen LogP contribution in [0.2, 0.25) is 0 Å². The van der Waals surface area contributed by atoms with E-state index in [2.05, 4.69) is 23.9 Å². The molecule has 0 saturated carbocycles. The van der Waals surface area contributed by atoms with Gasteiger partial charge >= 0.3 is 0 Å². The maximum Gasteiger partial charge on any atom is 0.232 e. The maximum absolute atomic E-state index is 12.0. The third-order valence-electron chi connectivity index (χ3n) is 3.05. The Morgan fingerprint density at radius 3 is 2.24 bits per heavy atom. The Labute approximate surface area is 128 Å². The number of benzene rings is 1. The Balaban J connectivity index is 2.41. The minimum atomic E-state index is -3.26. The summed E-state index contributed by atoms with van der Waals surface area (Å²) in [5.74, 6) is 0.155. The van der Waals surface area contributed by atoms with Crippen LogP contribution < -0.4 is 14.9 Å². The molecule has 0 spiro atoms. The Morgan fingerprint density at radius 1 is 1.10 bits per heavy atom. The standard InChI is InChI=1S/C15H27N3O2S/c1-13(2)16-11-5-6-12-21(19,20)17-14-7-9-15(10-8-14)18(3)4/h7-10,13,16-17H,5-6,11-12H2,1-4H3. The lowest BCUT2D eigenvalue weighted by Gasteiger charge is -2.13. The van der Waals surface area contributed by atoms with Gasteiger partial charge in [0.05, 0.1) is 5.75 Å². The van der Waals surface area contributed by atoms with E-state index in [1.807, 2.05) is 31.1 Å². The summed E-state index contributed by atoms with van der Waals surface area (Å²) in [4.78, 5) is 1.97. The summed E-state index contributed by atoms with van der Waals surface area (Å²) in [5.41, 5.74) is 1.65. The lowest BCUT2D eigenvalue weighted by atomic mass is 10.3. The quantitative estimate of drug-likeness (QED) is 0.687. The molecule has 0 aliphatic rings. The van der Waals surface area contributed by atoms with Crippen molar-refractivity contribution < 1.29 is 8.42 Å². The molecule has 0 radical (unpaired) electrons. The minimum Gasteiger partial charge on any atom is -0.378 e. The van der Waals surface area contributed by atoms with Gasteiger partial charge < -0.3 is 10.2 Å². The topological polar surface area (TPSA) is 61.4 Å². The maximum atomic E-state index is 12.0. The van der Waals surface area contributed by atoms with E-state index >= 15 is 0 Å².